The monoisotopic (exact) mass is 248 g/mol. The maximum atomic E-state index is 12.4. The van der Waals surface area contributed by atoms with Crippen LogP contribution >= 0.6 is 0 Å². The highest BCUT2D eigenvalue weighted by atomic mass is 16.2. The molecule has 1 atom stereocenters. The fourth-order valence-corrected chi connectivity index (χ4v) is 2.64. The Labute approximate surface area is 107 Å². The van der Waals surface area contributed by atoms with E-state index in [1.807, 2.05) is 4.90 Å². The van der Waals surface area contributed by atoms with E-state index >= 15 is 0 Å². The minimum atomic E-state index is -0.218. The number of piperidine rings is 1. The van der Waals surface area contributed by atoms with E-state index in [0.717, 1.165) is 32.2 Å². The minimum absolute atomic E-state index is 0.000694. The lowest BCUT2D eigenvalue weighted by molar-refractivity contribution is 0.0600. The lowest BCUT2D eigenvalue weighted by Crippen LogP contribution is -2.43. The van der Waals surface area contributed by atoms with Gasteiger partial charge in [0.2, 0.25) is 5.56 Å². The van der Waals surface area contributed by atoms with Gasteiger partial charge in [0.1, 0.15) is 0 Å². The van der Waals surface area contributed by atoms with Gasteiger partial charge < -0.3 is 9.88 Å². The van der Waals surface area contributed by atoms with Gasteiger partial charge in [-0.1, -0.05) is 13.3 Å². The number of hydrogen-bond acceptors (Lipinski definition) is 2. The van der Waals surface area contributed by atoms with Crippen LogP contribution in [0, 0.1) is 0 Å². The quantitative estimate of drug-likeness (QED) is 0.891. The summed E-state index contributed by atoms with van der Waals surface area (Å²) in [4.78, 5) is 28.2. The number of carbonyl (C=O) groups excluding carboxylic acids is 1. The molecule has 1 fully saturated rings. The van der Waals surface area contributed by atoms with Crippen LogP contribution in [0.1, 0.15) is 49.4 Å². The Bertz CT molecular complexity index is 465. The van der Waals surface area contributed by atoms with Crippen LogP contribution in [-0.2, 0) is 0 Å². The zero-order valence-corrected chi connectivity index (χ0v) is 10.8. The first-order chi connectivity index (χ1) is 8.72. The third-order valence-corrected chi connectivity index (χ3v) is 3.53. The van der Waals surface area contributed by atoms with Crippen LogP contribution in [0.5, 0.6) is 0 Å². The first kappa shape index (κ1) is 12.9. The highest BCUT2D eigenvalue weighted by molar-refractivity contribution is 5.94. The maximum absolute atomic E-state index is 12.4. The highest BCUT2D eigenvalue weighted by Crippen LogP contribution is 2.22. The van der Waals surface area contributed by atoms with E-state index in [1.165, 1.54) is 18.7 Å². The molecule has 2 rings (SSSR count). The molecule has 98 valence electrons. The van der Waals surface area contributed by atoms with E-state index in [4.69, 9.17) is 0 Å². The van der Waals surface area contributed by atoms with E-state index < -0.39 is 0 Å². The van der Waals surface area contributed by atoms with Gasteiger partial charge >= 0.3 is 0 Å². The molecule has 0 aromatic carbocycles. The van der Waals surface area contributed by atoms with E-state index in [2.05, 4.69) is 11.9 Å². The van der Waals surface area contributed by atoms with Gasteiger partial charge in [-0.3, -0.25) is 9.59 Å². The lowest BCUT2D eigenvalue weighted by Gasteiger charge is -2.35. The average molecular weight is 248 g/mol. The predicted molar refractivity (Wildman–Crippen MR) is 70.6 cm³/mol. The van der Waals surface area contributed by atoms with Crippen LogP contribution in [0.4, 0.5) is 0 Å². The number of pyridine rings is 1. The van der Waals surface area contributed by atoms with Crippen LogP contribution in [0.3, 0.4) is 0 Å². The third-order valence-electron chi connectivity index (χ3n) is 3.53. The second-order valence-corrected chi connectivity index (χ2v) is 4.88. The molecule has 4 heteroatoms. The van der Waals surface area contributed by atoms with Gasteiger partial charge in [-0.2, -0.15) is 0 Å². The molecule has 1 aliphatic rings. The molecule has 0 bridgehead atoms. The van der Waals surface area contributed by atoms with Gasteiger partial charge in [0.05, 0.1) is 0 Å². The summed E-state index contributed by atoms with van der Waals surface area (Å²) in [6, 6.07) is 3.41. The lowest BCUT2D eigenvalue weighted by atomic mass is 9.97. The molecule has 1 N–H and O–H groups in total. The average Bonchev–Trinajstić information content (AvgIpc) is 2.39. The first-order valence-electron chi connectivity index (χ1n) is 6.72. The Morgan fingerprint density at radius 1 is 1.50 bits per heavy atom. The van der Waals surface area contributed by atoms with Crippen molar-refractivity contribution < 1.29 is 4.79 Å². The zero-order valence-electron chi connectivity index (χ0n) is 10.8. The smallest absolute Gasteiger partial charge is 0.254 e. The van der Waals surface area contributed by atoms with E-state index in [9.17, 15) is 9.59 Å². The Balaban J connectivity index is 2.18. The number of nitrogens with one attached hydrogen (secondary N) is 1. The van der Waals surface area contributed by atoms with Gasteiger partial charge in [-0.15, -0.1) is 0 Å². The number of aromatic nitrogens is 1. The number of likely N-dealkylation sites (tertiary alicyclic amines) is 1. The topological polar surface area (TPSA) is 53.2 Å². The molecule has 1 aromatic rings. The van der Waals surface area contributed by atoms with Crippen molar-refractivity contribution in [2.45, 2.75) is 45.1 Å². The fraction of sp³-hybridized carbons (Fsp3) is 0.571. The summed E-state index contributed by atoms with van der Waals surface area (Å²) in [5.41, 5.74) is 0.284. The molecular weight excluding hydrogens is 228 g/mol. The number of nitrogens with zero attached hydrogens (tertiary/aromatic N) is 1. The van der Waals surface area contributed by atoms with Crippen LogP contribution in [-0.4, -0.2) is 28.4 Å². The van der Waals surface area contributed by atoms with Crippen LogP contribution in [0.25, 0.3) is 0 Å². The van der Waals surface area contributed by atoms with Crippen LogP contribution in [0.2, 0.25) is 0 Å². The summed E-state index contributed by atoms with van der Waals surface area (Å²) in [5, 5.41) is 0. The minimum Gasteiger partial charge on any atom is -0.336 e. The second-order valence-electron chi connectivity index (χ2n) is 4.88. The molecule has 0 aliphatic carbocycles. The molecule has 1 saturated heterocycles. The summed E-state index contributed by atoms with van der Waals surface area (Å²) < 4.78 is 0. The van der Waals surface area contributed by atoms with Gasteiger partial charge in [-0.05, 0) is 31.7 Å². The molecule has 1 unspecified atom stereocenters. The predicted octanol–water partition coefficient (Wildman–Crippen LogP) is 2.17. The summed E-state index contributed by atoms with van der Waals surface area (Å²) >= 11 is 0. The van der Waals surface area contributed by atoms with Crippen molar-refractivity contribution in [2.24, 2.45) is 0 Å². The molecule has 0 spiro atoms. The largest absolute Gasteiger partial charge is 0.336 e. The van der Waals surface area contributed by atoms with Crippen molar-refractivity contribution >= 4 is 5.91 Å². The van der Waals surface area contributed by atoms with Crippen molar-refractivity contribution in [2.75, 3.05) is 6.54 Å². The van der Waals surface area contributed by atoms with Crippen molar-refractivity contribution in [3.8, 4) is 0 Å². The summed E-state index contributed by atoms with van der Waals surface area (Å²) in [6.07, 6.45) is 7.02. The number of rotatable bonds is 3. The van der Waals surface area contributed by atoms with Crippen molar-refractivity contribution in [3.63, 3.8) is 0 Å². The standard InChI is InChI=1S/C14H20N2O2/c1-2-5-12-6-3-4-9-16(12)14(18)11-7-8-15-13(17)10-11/h7-8,10,12H,2-6,9H2,1H3,(H,15,17). The Morgan fingerprint density at radius 2 is 2.33 bits per heavy atom. The van der Waals surface area contributed by atoms with Crippen molar-refractivity contribution in [1.29, 1.82) is 0 Å². The zero-order chi connectivity index (χ0) is 13.0. The highest BCUT2D eigenvalue weighted by Gasteiger charge is 2.26. The number of hydrogen-bond donors (Lipinski definition) is 1. The fourth-order valence-electron chi connectivity index (χ4n) is 2.64. The molecule has 1 aliphatic heterocycles. The summed E-state index contributed by atoms with van der Waals surface area (Å²) in [5.74, 6) is -0.000694. The molecule has 2 heterocycles. The molecule has 4 nitrogen and oxygen atoms in total. The van der Waals surface area contributed by atoms with Gasteiger partial charge in [0.25, 0.3) is 5.91 Å². The third kappa shape index (κ3) is 2.81. The Hall–Kier alpha value is -1.58. The SMILES string of the molecule is CCCC1CCCCN1C(=O)c1cc[nH]c(=O)c1. The van der Waals surface area contributed by atoms with Crippen molar-refractivity contribution in [3.05, 3.63) is 34.2 Å². The summed E-state index contributed by atoms with van der Waals surface area (Å²) in [6.45, 7) is 2.96. The molecule has 1 aromatic heterocycles. The molecule has 0 saturated carbocycles. The number of aromatic amines is 1. The maximum Gasteiger partial charge on any atom is 0.254 e. The molecule has 0 radical (unpaired) electrons. The molecule has 1 amide bonds. The number of carbonyl (C=O) groups is 1. The Morgan fingerprint density at radius 3 is 3.06 bits per heavy atom. The van der Waals surface area contributed by atoms with Gasteiger partial charge in [0.15, 0.2) is 0 Å². The first-order valence-corrected chi connectivity index (χ1v) is 6.72. The van der Waals surface area contributed by atoms with E-state index in [-0.39, 0.29) is 11.5 Å². The molecular formula is C14H20N2O2. The van der Waals surface area contributed by atoms with Crippen LogP contribution in [0.15, 0.2) is 23.1 Å². The van der Waals surface area contributed by atoms with Gasteiger partial charge in [0, 0.05) is 30.4 Å². The van der Waals surface area contributed by atoms with E-state index in [1.54, 1.807) is 6.07 Å². The number of H-pyrrole nitrogens is 1. The number of amides is 1. The van der Waals surface area contributed by atoms with Crippen molar-refractivity contribution in [1.82, 2.24) is 9.88 Å². The second kappa shape index (κ2) is 5.85. The van der Waals surface area contributed by atoms with Crippen LogP contribution < -0.4 is 5.56 Å². The Kier molecular flexibility index (Phi) is 4.18. The normalized spacial score (nSPS) is 19.8. The van der Waals surface area contributed by atoms with E-state index in [0.29, 0.717) is 11.6 Å². The molecule has 18 heavy (non-hydrogen) atoms. The summed E-state index contributed by atoms with van der Waals surface area (Å²) in [7, 11) is 0. The van der Waals surface area contributed by atoms with Gasteiger partial charge in [-0.25, -0.2) is 0 Å².